The molecule has 0 aromatic heterocycles. The fourth-order valence-corrected chi connectivity index (χ4v) is 1.62. The summed E-state index contributed by atoms with van der Waals surface area (Å²) in [6.45, 7) is 0. The Morgan fingerprint density at radius 3 is 2.00 bits per heavy atom. The van der Waals surface area contributed by atoms with Crippen molar-refractivity contribution < 1.29 is 19.8 Å². The van der Waals surface area contributed by atoms with Gasteiger partial charge in [-0.3, -0.25) is 4.79 Å². The Kier molecular flexibility index (Phi) is 3.96. The first-order chi connectivity index (χ1) is 9.56. The number of hydrogen-bond donors (Lipinski definition) is 1. The number of rotatable bonds is 4. The number of aromatic carboxylic acids is 1. The molecule has 20 heavy (non-hydrogen) atoms. The van der Waals surface area contributed by atoms with Gasteiger partial charge in [-0.15, -0.1) is 5.75 Å². The van der Waals surface area contributed by atoms with Crippen molar-refractivity contribution >= 4 is 17.8 Å². The minimum Gasteiger partial charge on any atom is -0.872 e. The Morgan fingerprint density at radius 2 is 1.45 bits per heavy atom. The van der Waals surface area contributed by atoms with Crippen molar-refractivity contribution in [3.63, 3.8) is 0 Å². The van der Waals surface area contributed by atoms with E-state index in [4.69, 9.17) is 5.11 Å². The summed E-state index contributed by atoms with van der Waals surface area (Å²) in [4.78, 5) is 22.5. The summed E-state index contributed by atoms with van der Waals surface area (Å²) in [6, 6.07) is 11.8. The van der Waals surface area contributed by atoms with Gasteiger partial charge in [-0.1, -0.05) is 42.5 Å². The van der Waals surface area contributed by atoms with E-state index in [9.17, 15) is 14.7 Å². The van der Waals surface area contributed by atoms with Gasteiger partial charge in [-0.25, -0.2) is 4.79 Å². The second kappa shape index (κ2) is 5.84. The highest BCUT2D eigenvalue weighted by molar-refractivity contribution is 6.06. The SMILES string of the molecule is O=C(O)c1ccc(/C=C/C(=O)c2ccc([O-])cc2)cc1. The lowest BCUT2D eigenvalue weighted by molar-refractivity contribution is -0.268. The molecule has 0 aliphatic rings. The summed E-state index contributed by atoms with van der Waals surface area (Å²) in [5, 5.41) is 19.7. The van der Waals surface area contributed by atoms with Crippen LogP contribution in [-0.4, -0.2) is 16.9 Å². The fraction of sp³-hybridized carbons (Fsp3) is 0. The van der Waals surface area contributed by atoms with Gasteiger partial charge in [0.2, 0.25) is 0 Å². The number of carboxylic acids is 1. The summed E-state index contributed by atoms with van der Waals surface area (Å²) >= 11 is 0. The number of ketones is 1. The molecule has 0 saturated heterocycles. The average molecular weight is 267 g/mol. The molecule has 0 amide bonds. The summed E-state index contributed by atoms with van der Waals surface area (Å²) in [5.41, 5.74) is 1.35. The van der Waals surface area contributed by atoms with Crippen LogP contribution in [-0.2, 0) is 0 Å². The van der Waals surface area contributed by atoms with Crippen LogP contribution in [0.25, 0.3) is 6.08 Å². The van der Waals surface area contributed by atoms with Gasteiger partial charge < -0.3 is 10.2 Å². The van der Waals surface area contributed by atoms with Gasteiger partial charge in [-0.2, -0.15) is 0 Å². The zero-order valence-electron chi connectivity index (χ0n) is 10.4. The van der Waals surface area contributed by atoms with E-state index < -0.39 is 5.97 Å². The Bertz CT molecular complexity index is 652. The zero-order valence-corrected chi connectivity index (χ0v) is 10.4. The number of carbonyl (C=O) groups excluding carboxylic acids is 1. The Morgan fingerprint density at radius 1 is 0.900 bits per heavy atom. The van der Waals surface area contributed by atoms with Crippen LogP contribution in [0.2, 0.25) is 0 Å². The third-order valence-corrected chi connectivity index (χ3v) is 2.72. The van der Waals surface area contributed by atoms with Crippen LogP contribution in [0.3, 0.4) is 0 Å². The normalized spacial score (nSPS) is 10.6. The van der Waals surface area contributed by atoms with Crippen molar-refractivity contribution in [2.75, 3.05) is 0 Å². The maximum Gasteiger partial charge on any atom is 0.335 e. The minimum absolute atomic E-state index is 0.144. The monoisotopic (exact) mass is 267 g/mol. The van der Waals surface area contributed by atoms with Gasteiger partial charge in [0.05, 0.1) is 5.56 Å². The Hall–Kier alpha value is -2.88. The maximum atomic E-state index is 11.8. The molecule has 0 spiro atoms. The predicted molar refractivity (Wildman–Crippen MR) is 72.7 cm³/mol. The standard InChI is InChI=1S/C16H12O4/c17-14-8-6-12(7-9-14)15(18)10-3-11-1-4-13(5-2-11)16(19)20/h1-10,17H,(H,19,20)/p-1/b10-3+. The summed E-state index contributed by atoms with van der Waals surface area (Å²) in [5.74, 6) is -1.35. The van der Waals surface area contributed by atoms with E-state index in [1.807, 2.05) is 0 Å². The van der Waals surface area contributed by atoms with E-state index in [2.05, 4.69) is 0 Å². The van der Waals surface area contributed by atoms with E-state index in [0.29, 0.717) is 5.56 Å². The molecular weight excluding hydrogens is 256 g/mol. The lowest BCUT2D eigenvalue weighted by Gasteiger charge is -2.03. The maximum absolute atomic E-state index is 11.8. The first kappa shape index (κ1) is 13.5. The molecule has 0 bridgehead atoms. The third kappa shape index (κ3) is 3.32. The predicted octanol–water partition coefficient (Wildman–Crippen LogP) is 2.35. The van der Waals surface area contributed by atoms with Gasteiger partial charge in [-0.05, 0) is 23.8 Å². The largest absolute Gasteiger partial charge is 0.872 e. The van der Waals surface area contributed by atoms with Crippen molar-refractivity contribution in [2.24, 2.45) is 0 Å². The second-order valence-electron chi connectivity index (χ2n) is 4.15. The van der Waals surface area contributed by atoms with Gasteiger partial charge in [0, 0.05) is 5.56 Å². The number of carboxylic acid groups (broad SMARTS) is 1. The van der Waals surface area contributed by atoms with Crippen molar-refractivity contribution in [3.05, 3.63) is 71.3 Å². The van der Waals surface area contributed by atoms with Crippen LogP contribution in [0, 0.1) is 0 Å². The molecule has 2 rings (SSSR count). The van der Waals surface area contributed by atoms with Crippen molar-refractivity contribution in [2.45, 2.75) is 0 Å². The highest BCUT2D eigenvalue weighted by Crippen LogP contribution is 2.10. The van der Waals surface area contributed by atoms with Crippen LogP contribution in [0.15, 0.2) is 54.6 Å². The van der Waals surface area contributed by atoms with E-state index in [1.165, 1.54) is 42.5 Å². The van der Waals surface area contributed by atoms with Crippen LogP contribution in [0.4, 0.5) is 0 Å². The quantitative estimate of drug-likeness (QED) is 0.681. The lowest BCUT2D eigenvalue weighted by atomic mass is 10.1. The lowest BCUT2D eigenvalue weighted by Crippen LogP contribution is -1.96. The summed E-state index contributed by atoms with van der Waals surface area (Å²) < 4.78 is 0. The van der Waals surface area contributed by atoms with Crippen LogP contribution >= 0.6 is 0 Å². The van der Waals surface area contributed by atoms with Gasteiger partial charge in [0.1, 0.15) is 0 Å². The van der Waals surface area contributed by atoms with Crippen LogP contribution in [0.1, 0.15) is 26.3 Å². The van der Waals surface area contributed by atoms with Crippen LogP contribution in [0.5, 0.6) is 5.75 Å². The van der Waals surface area contributed by atoms with E-state index >= 15 is 0 Å². The molecule has 0 aliphatic heterocycles. The molecule has 2 aromatic rings. The molecule has 4 nitrogen and oxygen atoms in total. The number of hydrogen-bond acceptors (Lipinski definition) is 3. The highest BCUT2D eigenvalue weighted by Gasteiger charge is 2.02. The second-order valence-corrected chi connectivity index (χ2v) is 4.15. The van der Waals surface area contributed by atoms with Crippen LogP contribution < -0.4 is 5.11 Å². The first-order valence-corrected chi connectivity index (χ1v) is 5.89. The topological polar surface area (TPSA) is 77.4 Å². The zero-order chi connectivity index (χ0) is 14.5. The minimum atomic E-state index is -0.991. The fourth-order valence-electron chi connectivity index (χ4n) is 1.62. The molecule has 0 saturated carbocycles. The summed E-state index contributed by atoms with van der Waals surface area (Å²) in [6.07, 6.45) is 2.98. The third-order valence-electron chi connectivity index (χ3n) is 2.72. The first-order valence-electron chi connectivity index (χ1n) is 5.89. The van der Waals surface area contributed by atoms with Crippen molar-refractivity contribution in [1.29, 1.82) is 0 Å². The molecule has 1 N–H and O–H groups in total. The molecule has 0 unspecified atom stereocenters. The van der Waals surface area contributed by atoms with E-state index in [0.717, 1.165) is 5.56 Å². The average Bonchev–Trinajstić information content (AvgIpc) is 2.46. The molecule has 100 valence electrons. The molecule has 2 aromatic carbocycles. The summed E-state index contributed by atoms with van der Waals surface area (Å²) in [7, 11) is 0. The molecule has 0 heterocycles. The molecule has 0 atom stereocenters. The number of allylic oxidation sites excluding steroid dienone is 1. The van der Waals surface area contributed by atoms with Crippen molar-refractivity contribution in [3.8, 4) is 5.75 Å². The van der Waals surface area contributed by atoms with E-state index in [1.54, 1.807) is 18.2 Å². The number of carbonyl (C=O) groups is 2. The van der Waals surface area contributed by atoms with Crippen molar-refractivity contribution in [1.82, 2.24) is 0 Å². The highest BCUT2D eigenvalue weighted by atomic mass is 16.4. The molecule has 4 heteroatoms. The molecule has 0 radical (unpaired) electrons. The van der Waals surface area contributed by atoms with Gasteiger partial charge in [0.25, 0.3) is 0 Å². The number of benzene rings is 2. The smallest absolute Gasteiger partial charge is 0.335 e. The molecule has 0 aliphatic carbocycles. The van der Waals surface area contributed by atoms with E-state index in [-0.39, 0.29) is 17.1 Å². The Balaban J connectivity index is 2.10. The van der Waals surface area contributed by atoms with Gasteiger partial charge >= 0.3 is 5.97 Å². The van der Waals surface area contributed by atoms with Gasteiger partial charge in [0.15, 0.2) is 5.78 Å². The molecule has 0 fully saturated rings. The Labute approximate surface area is 115 Å². The molecular formula is C16H11O4-.